The summed E-state index contributed by atoms with van der Waals surface area (Å²) in [4.78, 5) is 4.55. The van der Waals surface area contributed by atoms with Gasteiger partial charge in [0.2, 0.25) is 0 Å². The quantitative estimate of drug-likeness (QED) is 0.832. The minimum absolute atomic E-state index is 0.436. The van der Waals surface area contributed by atoms with Crippen molar-refractivity contribution in [2.24, 2.45) is 23.2 Å². The summed E-state index contributed by atoms with van der Waals surface area (Å²) in [6.07, 6.45) is 7.08. The average Bonchev–Trinajstić information content (AvgIpc) is 2.82. The predicted molar refractivity (Wildman–Crippen MR) is 80.4 cm³/mol. The summed E-state index contributed by atoms with van der Waals surface area (Å²) in [5.41, 5.74) is 0.436. The predicted octanol–water partition coefficient (Wildman–Crippen LogP) is 2.50. The summed E-state index contributed by atoms with van der Waals surface area (Å²) in [5, 5.41) is 8.01. The Kier molecular flexibility index (Phi) is 3.85. The number of rotatable bonds is 7. The Morgan fingerprint density at radius 1 is 1.40 bits per heavy atom. The van der Waals surface area contributed by atoms with Crippen molar-refractivity contribution >= 4 is 0 Å². The zero-order chi connectivity index (χ0) is 14.2. The van der Waals surface area contributed by atoms with E-state index >= 15 is 0 Å². The Balaban J connectivity index is 1.71. The summed E-state index contributed by atoms with van der Waals surface area (Å²) in [6.45, 7) is 9.88. The number of hydrogen-bond donors (Lipinski definition) is 1. The first kappa shape index (κ1) is 14.1. The van der Waals surface area contributed by atoms with Gasteiger partial charge in [-0.05, 0) is 49.0 Å². The first-order valence-electron chi connectivity index (χ1n) is 8.19. The van der Waals surface area contributed by atoms with Gasteiger partial charge in [0.25, 0.3) is 0 Å². The molecule has 1 aromatic heterocycles. The summed E-state index contributed by atoms with van der Waals surface area (Å²) in [5.74, 6) is 3.83. The van der Waals surface area contributed by atoms with Gasteiger partial charge in [-0.25, -0.2) is 9.67 Å². The van der Waals surface area contributed by atoms with E-state index in [1.54, 1.807) is 6.33 Å². The van der Waals surface area contributed by atoms with Crippen molar-refractivity contribution in [1.82, 2.24) is 20.1 Å². The highest BCUT2D eigenvalue weighted by Crippen LogP contribution is 2.60. The van der Waals surface area contributed by atoms with Gasteiger partial charge < -0.3 is 5.32 Å². The van der Waals surface area contributed by atoms with Gasteiger partial charge in [-0.3, -0.25) is 0 Å². The highest BCUT2D eigenvalue weighted by molar-refractivity contribution is 5.08. The molecule has 2 atom stereocenters. The van der Waals surface area contributed by atoms with Crippen LogP contribution >= 0.6 is 0 Å². The molecule has 2 aliphatic rings. The fraction of sp³-hybridized carbons (Fsp3) is 0.875. The van der Waals surface area contributed by atoms with Crippen LogP contribution < -0.4 is 5.32 Å². The van der Waals surface area contributed by atoms with Crippen molar-refractivity contribution in [2.45, 2.75) is 53.0 Å². The largest absolute Gasteiger partial charge is 0.316 e. The average molecular weight is 276 g/mol. The maximum Gasteiger partial charge on any atom is 0.138 e. The normalized spacial score (nSPS) is 31.8. The van der Waals surface area contributed by atoms with Crippen molar-refractivity contribution in [3.05, 3.63) is 12.2 Å². The first-order chi connectivity index (χ1) is 9.62. The molecule has 1 heterocycles. The molecule has 0 radical (unpaired) electrons. The fourth-order valence-corrected chi connectivity index (χ4v) is 4.01. The van der Waals surface area contributed by atoms with E-state index in [4.69, 9.17) is 0 Å². The zero-order valence-corrected chi connectivity index (χ0v) is 13.1. The molecule has 112 valence electrons. The lowest BCUT2D eigenvalue weighted by molar-refractivity contribution is 0.240. The van der Waals surface area contributed by atoms with Crippen LogP contribution in [0.5, 0.6) is 0 Å². The van der Waals surface area contributed by atoms with E-state index < -0.39 is 0 Å². The molecule has 1 N–H and O–H groups in total. The smallest absolute Gasteiger partial charge is 0.138 e. The maximum atomic E-state index is 4.55. The second-order valence-electron chi connectivity index (χ2n) is 7.37. The summed E-state index contributed by atoms with van der Waals surface area (Å²) in [7, 11) is 0. The molecule has 1 aromatic rings. The van der Waals surface area contributed by atoms with Gasteiger partial charge in [-0.15, -0.1) is 0 Å². The van der Waals surface area contributed by atoms with E-state index in [2.05, 4.69) is 40.9 Å². The number of aromatic nitrogens is 3. The van der Waals surface area contributed by atoms with E-state index in [9.17, 15) is 0 Å². The van der Waals surface area contributed by atoms with Gasteiger partial charge in [-0.2, -0.15) is 5.10 Å². The molecule has 0 aliphatic heterocycles. The Bertz CT molecular complexity index is 441. The zero-order valence-electron chi connectivity index (χ0n) is 13.1. The van der Waals surface area contributed by atoms with Crippen molar-refractivity contribution in [3.63, 3.8) is 0 Å². The molecule has 0 aromatic carbocycles. The highest BCUT2D eigenvalue weighted by atomic mass is 15.3. The van der Waals surface area contributed by atoms with Crippen LogP contribution in [0.1, 0.15) is 45.9 Å². The minimum Gasteiger partial charge on any atom is -0.316 e. The van der Waals surface area contributed by atoms with Gasteiger partial charge in [0.1, 0.15) is 12.2 Å². The number of fused-ring (bicyclic) bond motifs is 1. The Labute approximate surface area is 122 Å². The van der Waals surface area contributed by atoms with E-state index in [0.29, 0.717) is 11.3 Å². The highest BCUT2D eigenvalue weighted by Gasteiger charge is 2.53. The molecule has 2 aliphatic carbocycles. The molecule has 3 rings (SSSR count). The second kappa shape index (κ2) is 5.47. The number of hydrogen-bond acceptors (Lipinski definition) is 3. The van der Waals surface area contributed by atoms with Gasteiger partial charge in [0.15, 0.2) is 0 Å². The lowest BCUT2D eigenvalue weighted by atomic mass is 9.79. The van der Waals surface area contributed by atoms with E-state index in [1.807, 2.05) is 0 Å². The molecule has 2 fully saturated rings. The Morgan fingerprint density at radius 2 is 2.15 bits per heavy atom. The number of nitrogens with zero attached hydrogens (tertiary/aromatic N) is 3. The van der Waals surface area contributed by atoms with Crippen LogP contribution in [0.2, 0.25) is 0 Å². The topological polar surface area (TPSA) is 42.7 Å². The van der Waals surface area contributed by atoms with Gasteiger partial charge >= 0.3 is 0 Å². The molecule has 20 heavy (non-hydrogen) atoms. The van der Waals surface area contributed by atoms with Crippen LogP contribution in [-0.4, -0.2) is 27.9 Å². The lowest BCUT2D eigenvalue weighted by Crippen LogP contribution is -2.36. The lowest BCUT2D eigenvalue weighted by Gasteiger charge is -2.31. The molecule has 2 unspecified atom stereocenters. The van der Waals surface area contributed by atoms with Crippen LogP contribution in [0.15, 0.2) is 6.33 Å². The molecule has 0 saturated heterocycles. The summed E-state index contributed by atoms with van der Waals surface area (Å²) >= 11 is 0. The van der Waals surface area contributed by atoms with Crippen LogP contribution in [0.25, 0.3) is 0 Å². The molecule has 2 saturated carbocycles. The van der Waals surface area contributed by atoms with E-state index in [-0.39, 0.29) is 0 Å². The van der Waals surface area contributed by atoms with E-state index in [0.717, 1.165) is 37.9 Å². The fourth-order valence-electron chi connectivity index (χ4n) is 4.01. The summed E-state index contributed by atoms with van der Waals surface area (Å²) < 4.78 is 2.13. The van der Waals surface area contributed by atoms with Gasteiger partial charge in [-0.1, -0.05) is 20.8 Å². The monoisotopic (exact) mass is 276 g/mol. The van der Waals surface area contributed by atoms with Crippen molar-refractivity contribution in [3.8, 4) is 0 Å². The van der Waals surface area contributed by atoms with Crippen LogP contribution in [0, 0.1) is 23.2 Å². The van der Waals surface area contributed by atoms with Gasteiger partial charge in [0.05, 0.1) is 0 Å². The van der Waals surface area contributed by atoms with Crippen molar-refractivity contribution in [2.75, 3.05) is 13.1 Å². The van der Waals surface area contributed by atoms with Crippen LogP contribution in [-0.2, 0) is 13.0 Å². The van der Waals surface area contributed by atoms with E-state index in [1.165, 1.54) is 25.1 Å². The third-order valence-electron chi connectivity index (χ3n) is 4.98. The van der Waals surface area contributed by atoms with Crippen LogP contribution in [0.3, 0.4) is 0 Å². The molecule has 0 amide bonds. The summed E-state index contributed by atoms with van der Waals surface area (Å²) in [6, 6.07) is 0. The molecule has 0 spiro atoms. The second-order valence-corrected chi connectivity index (χ2v) is 7.37. The van der Waals surface area contributed by atoms with Gasteiger partial charge in [0, 0.05) is 19.5 Å². The SMILES string of the molecule is CCNCC1(Cc2ncnn2CC(C)C)CC2CC2C1. The third-order valence-corrected chi connectivity index (χ3v) is 4.98. The Morgan fingerprint density at radius 3 is 2.80 bits per heavy atom. The van der Waals surface area contributed by atoms with Crippen molar-refractivity contribution in [1.29, 1.82) is 0 Å². The molecular formula is C16H28N4. The minimum atomic E-state index is 0.436. The molecule has 4 nitrogen and oxygen atoms in total. The first-order valence-corrected chi connectivity index (χ1v) is 8.19. The van der Waals surface area contributed by atoms with Crippen molar-refractivity contribution < 1.29 is 0 Å². The molecule has 4 heteroatoms. The maximum absolute atomic E-state index is 4.55. The third kappa shape index (κ3) is 2.90. The molecule has 0 bridgehead atoms. The standard InChI is InChI=1S/C16H28N4/c1-4-17-10-16(6-13-5-14(13)7-16)8-15-18-11-19-20(15)9-12(2)3/h11-14,17H,4-10H2,1-3H3. The Hall–Kier alpha value is -0.900. The molecular weight excluding hydrogens is 248 g/mol. The van der Waals surface area contributed by atoms with Crippen LogP contribution in [0.4, 0.5) is 0 Å². The number of nitrogens with one attached hydrogen (secondary N) is 1.